The van der Waals surface area contributed by atoms with E-state index in [1.807, 2.05) is 18.7 Å². The zero-order chi connectivity index (χ0) is 23.8. The van der Waals surface area contributed by atoms with E-state index in [0.717, 1.165) is 18.9 Å². The van der Waals surface area contributed by atoms with E-state index >= 15 is 0 Å². The Balaban J connectivity index is 1.88. The summed E-state index contributed by atoms with van der Waals surface area (Å²) >= 11 is 0. The second kappa shape index (κ2) is 9.23. The number of aliphatic hydroxyl groups excluding tert-OH is 1. The molecule has 1 aromatic heterocycles. The number of ether oxygens (including phenoxy) is 1. The second-order valence-electron chi connectivity index (χ2n) is 9.36. The number of benzene rings is 1. The number of aromatic nitrogens is 1. The highest BCUT2D eigenvalue weighted by molar-refractivity contribution is 6.04. The average molecular weight is 461 g/mol. The predicted molar refractivity (Wildman–Crippen MR) is 121 cm³/mol. The van der Waals surface area contributed by atoms with Crippen LogP contribution in [-0.4, -0.2) is 53.9 Å². The Kier molecular flexibility index (Phi) is 6.54. The lowest BCUT2D eigenvalue weighted by Gasteiger charge is -2.28. The lowest BCUT2D eigenvalue weighted by atomic mass is 9.99. The molecule has 2 fully saturated rings. The molecule has 9 heteroatoms. The second-order valence-corrected chi connectivity index (χ2v) is 9.36. The van der Waals surface area contributed by atoms with Crippen molar-refractivity contribution in [2.45, 2.75) is 44.7 Å². The lowest BCUT2D eigenvalue weighted by molar-refractivity contribution is 0.0936. The van der Waals surface area contributed by atoms with Gasteiger partial charge in [-0.3, -0.25) is 4.79 Å². The van der Waals surface area contributed by atoms with Crippen molar-refractivity contribution in [3.63, 3.8) is 0 Å². The van der Waals surface area contributed by atoms with Gasteiger partial charge in [0, 0.05) is 36.9 Å². The Morgan fingerprint density at radius 2 is 2.06 bits per heavy atom. The molecule has 0 spiro atoms. The highest BCUT2D eigenvalue weighted by atomic mass is 19.1. The van der Waals surface area contributed by atoms with Crippen LogP contribution in [0.15, 0.2) is 24.4 Å². The lowest BCUT2D eigenvalue weighted by Crippen LogP contribution is -2.40. The maximum absolute atomic E-state index is 14.2. The molecule has 1 amide bonds. The number of carbonyl (C=O) groups is 1. The van der Waals surface area contributed by atoms with Gasteiger partial charge in [-0.25, -0.2) is 13.8 Å². The van der Waals surface area contributed by atoms with E-state index in [1.165, 1.54) is 18.3 Å². The molecule has 33 heavy (non-hydrogen) atoms. The minimum absolute atomic E-state index is 0.00378. The maximum atomic E-state index is 14.2. The van der Waals surface area contributed by atoms with Gasteiger partial charge in [-0.1, -0.05) is 0 Å². The number of rotatable bonds is 8. The first-order valence-electron chi connectivity index (χ1n) is 11.3. The summed E-state index contributed by atoms with van der Waals surface area (Å²) < 4.78 is 34.0. The van der Waals surface area contributed by atoms with Crippen LogP contribution in [0.4, 0.5) is 14.5 Å². The van der Waals surface area contributed by atoms with E-state index in [-0.39, 0.29) is 42.2 Å². The van der Waals surface area contributed by atoms with Crippen molar-refractivity contribution >= 4 is 11.6 Å². The van der Waals surface area contributed by atoms with Crippen LogP contribution in [0.5, 0.6) is 5.88 Å². The van der Waals surface area contributed by atoms with E-state index in [0.29, 0.717) is 36.7 Å². The van der Waals surface area contributed by atoms with Crippen LogP contribution in [0.25, 0.3) is 11.1 Å². The first-order valence-corrected chi connectivity index (χ1v) is 11.3. The molecule has 1 saturated carbocycles. The van der Waals surface area contributed by atoms with Crippen molar-refractivity contribution in [1.82, 2.24) is 10.3 Å². The molecule has 1 aliphatic heterocycles. The van der Waals surface area contributed by atoms with Crippen LogP contribution in [0.1, 0.15) is 43.5 Å². The number of nitrogens with one attached hydrogen (secondary N) is 1. The van der Waals surface area contributed by atoms with E-state index in [1.54, 1.807) is 0 Å². The molecule has 2 atom stereocenters. The van der Waals surface area contributed by atoms with Gasteiger partial charge in [0.25, 0.3) is 5.91 Å². The van der Waals surface area contributed by atoms with Crippen LogP contribution in [0.3, 0.4) is 0 Å². The van der Waals surface area contributed by atoms with Crippen molar-refractivity contribution < 1.29 is 23.4 Å². The molecule has 178 valence electrons. The number of anilines is 1. The van der Waals surface area contributed by atoms with Crippen molar-refractivity contribution in [3.8, 4) is 17.0 Å². The van der Waals surface area contributed by atoms with Crippen LogP contribution in [0, 0.1) is 17.6 Å². The third kappa shape index (κ3) is 5.25. The molecule has 2 aliphatic rings. The number of aliphatic hydroxyl groups is 1. The summed E-state index contributed by atoms with van der Waals surface area (Å²) in [5.74, 6) is -1.29. The summed E-state index contributed by atoms with van der Waals surface area (Å²) in [5, 5.41) is 12.3. The molecule has 7 nitrogen and oxygen atoms in total. The molecular weight excluding hydrogens is 430 g/mol. The third-order valence-corrected chi connectivity index (χ3v) is 6.25. The topological polar surface area (TPSA) is 101 Å². The van der Waals surface area contributed by atoms with E-state index in [2.05, 4.69) is 10.3 Å². The molecule has 2 heterocycles. The number of nitrogens with two attached hydrogens (primary N) is 1. The zero-order valence-electron chi connectivity index (χ0n) is 18.9. The number of pyridine rings is 1. The van der Waals surface area contributed by atoms with Crippen molar-refractivity contribution in [3.05, 3.63) is 41.6 Å². The summed E-state index contributed by atoms with van der Waals surface area (Å²) in [6, 6.07) is 3.15. The minimum atomic E-state index is -0.758. The van der Waals surface area contributed by atoms with Crippen LogP contribution in [-0.2, 0) is 0 Å². The SMILES string of the molecule is CC(NC(=O)c1cnc(OCCO)c(-c2cc(F)cc(F)c2)c1N1CC[C@](C)(N)C1)C1CC1. The normalized spacial score (nSPS) is 21.2. The van der Waals surface area contributed by atoms with Crippen molar-refractivity contribution in [2.75, 3.05) is 31.2 Å². The largest absolute Gasteiger partial charge is 0.475 e. The summed E-state index contributed by atoms with van der Waals surface area (Å²) in [5.41, 5.74) is 7.13. The Morgan fingerprint density at radius 1 is 1.36 bits per heavy atom. The van der Waals surface area contributed by atoms with Crippen molar-refractivity contribution in [2.24, 2.45) is 11.7 Å². The van der Waals surface area contributed by atoms with Crippen LogP contribution < -0.4 is 20.7 Å². The first kappa shape index (κ1) is 23.4. The van der Waals surface area contributed by atoms with Crippen LogP contribution in [0.2, 0.25) is 0 Å². The fourth-order valence-corrected chi connectivity index (χ4v) is 4.36. The van der Waals surface area contributed by atoms with E-state index in [9.17, 15) is 18.7 Å². The number of amides is 1. The average Bonchev–Trinajstić information content (AvgIpc) is 3.53. The van der Waals surface area contributed by atoms with Gasteiger partial charge in [-0.2, -0.15) is 0 Å². The third-order valence-electron chi connectivity index (χ3n) is 6.25. The molecule has 1 saturated heterocycles. The number of hydrogen-bond acceptors (Lipinski definition) is 6. The Bertz CT molecular complexity index is 1020. The molecule has 1 aliphatic carbocycles. The number of nitrogens with zero attached hydrogens (tertiary/aromatic N) is 2. The molecule has 2 aromatic rings. The van der Waals surface area contributed by atoms with Gasteiger partial charge in [0.05, 0.1) is 23.4 Å². The zero-order valence-corrected chi connectivity index (χ0v) is 18.9. The predicted octanol–water partition coefficient (Wildman–Crippen LogP) is 2.85. The van der Waals surface area contributed by atoms with Gasteiger partial charge in [-0.15, -0.1) is 0 Å². The number of halogens is 2. The van der Waals surface area contributed by atoms with E-state index in [4.69, 9.17) is 10.5 Å². The number of carbonyl (C=O) groups excluding carboxylic acids is 1. The molecular formula is C24H30F2N4O3. The minimum Gasteiger partial charge on any atom is -0.475 e. The van der Waals surface area contributed by atoms with Gasteiger partial charge in [0.15, 0.2) is 0 Å². The standard InChI is InChI=1S/C24H30F2N4O3/c1-14(15-3-4-15)29-22(32)19-12-28-23(33-8-7-31)20(16-9-17(25)11-18(26)10-16)21(19)30-6-5-24(2,27)13-30/h9-12,14-15,31H,3-8,13,27H2,1-2H3,(H,29,32)/t14?,24-/m0/s1. The molecule has 1 unspecified atom stereocenters. The summed E-state index contributed by atoms with van der Waals surface area (Å²) in [6.07, 6.45) is 4.25. The Labute approximate surface area is 191 Å². The summed E-state index contributed by atoms with van der Waals surface area (Å²) in [6.45, 7) is 4.57. The molecule has 4 N–H and O–H groups in total. The quantitative estimate of drug-likeness (QED) is 0.560. The highest BCUT2D eigenvalue weighted by Crippen LogP contribution is 2.43. The Hall–Kier alpha value is -2.78. The molecule has 0 bridgehead atoms. The van der Waals surface area contributed by atoms with Crippen molar-refractivity contribution in [1.29, 1.82) is 0 Å². The maximum Gasteiger partial charge on any atom is 0.255 e. The van der Waals surface area contributed by atoms with Gasteiger partial charge < -0.3 is 25.8 Å². The smallest absolute Gasteiger partial charge is 0.255 e. The fourth-order valence-electron chi connectivity index (χ4n) is 4.36. The van der Waals surface area contributed by atoms with Gasteiger partial charge >= 0.3 is 0 Å². The summed E-state index contributed by atoms with van der Waals surface area (Å²) in [4.78, 5) is 19.6. The Morgan fingerprint density at radius 3 is 2.64 bits per heavy atom. The van der Waals surface area contributed by atoms with Gasteiger partial charge in [0.1, 0.15) is 18.2 Å². The van der Waals surface area contributed by atoms with Gasteiger partial charge in [0.2, 0.25) is 5.88 Å². The fraction of sp³-hybridized carbons (Fsp3) is 0.500. The summed E-state index contributed by atoms with van der Waals surface area (Å²) in [7, 11) is 0. The molecule has 4 rings (SSSR count). The first-order chi connectivity index (χ1) is 15.7. The van der Waals surface area contributed by atoms with E-state index < -0.39 is 17.2 Å². The highest BCUT2D eigenvalue weighted by Gasteiger charge is 2.36. The monoisotopic (exact) mass is 460 g/mol. The molecule has 0 radical (unpaired) electrons. The van der Waals surface area contributed by atoms with Gasteiger partial charge in [-0.05, 0) is 56.7 Å². The van der Waals surface area contributed by atoms with Crippen LogP contribution >= 0.6 is 0 Å². The number of hydrogen-bond donors (Lipinski definition) is 3. The molecule has 1 aromatic carbocycles.